The summed E-state index contributed by atoms with van der Waals surface area (Å²) < 4.78 is 38.5. The monoisotopic (exact) mass is 739 g/mol. The first-order valence-corrected chi connectivity index (χ1v) is 21.3. The van der Waals surface area contributed by atoms with Crippen LogP contribution in [0, 0.1) is 66.0 Å². The van der Waals surface area contributed by atoms with Gasteiger partial charge in [-0.2, -0.15) is 0 Å². The molecular weight excluding hydrogens is 660 g/mol. The van der Waals surface area contributed by atoms with Gasteiger partial charge in [-0.3, -0.25) is 0 Å². The summed E-state index contributed by atoms with van der Waals surface area (Å²) >= 11 is 0. The Morgan fingerprint density at radius 1 is 0.647 bits per heavy atom. The van der Waals surface area contributed by atoms with E-state index >= 15 is 0 Å². The Labute approximate surface area is 315 Å². The van der Waals surface area contributed by atoms with Crippen LogP contribution >= 0.6 is 0 Å². The average Bonchev–Trinajstić information content (AvgIpc) is 3.79. The molecule has 0 N–H and O–H groups in total. The van der Waals surface area contributed by atoms with E-state index in [1.54, 1.807) is 0 Å². The highest BCUT2D eigenvalue weighted by Gasteiger charge is 2.34. The molecule has 7 nitrogen and oxygen atoms in total. The molecule has 1 aliphatic carbocycles. The van der Waals surface area contributed by atoms with Crippen LogP contribution in [0.2, 0.25) is 0 Å². The van der Waals surface area contributed by atoms with Crippen LogP contribution in [0.1, 0.15) is 147 Å². The SMILES string of the molecule is CC(C)C.CC(C)C.CC(C)C1CC1.CC(C)C1COC1.CC(C)C1CS(=O)(=O)C1.CC(C)Cc1ncc(F)cn1.Cc1cnc(C(C)C)nc1. The Hall–Kier alpha value is -2.00. The molecule has 3 aliphatic rings. The van der Waals surface area contributed by atoms with Gasteiger partial charge in [-0.05, 0) is 72.7 Å². The Morgan fingerprint density at radius 2 is 1.04 bits per heavy atom. The smallest absolute Gasteiger partial charge is 0.159 e. The predicted octanol–water partition coefficient (Wildman–Crippen LogP) is 11.1. The number of sulfone groups is 1. The maximum atomic E-state index is 12.3. The molecule has 0 amide bonds. The largest absolute Gasteiger partial charge is 0.381 e. The first-order chi connectivity index (χ1) is 23.5. The molecule has 9 heteroatoms. The van der Waals surface area contributed by atoms with E-state index in [4.69, 9.17) is 4.74 Å². The van der Waals surface area contributed by atoms with Crippen molar-refractivity contribution in [3.63, 3.8) is 0 Å². The highest BCUT2D eigenvalue weighted by atomic mass is 32.2. The van der Waals surface area contributed by atoms with Crippen LogP contribution in [0.3, 0.4) is 0 Å². The molecule has 0 spiro atoms. The van der Waals surface area contributed by atoms with Gasteiger partial charge in [-0.25, -0.2) is 32.7 Å². The Morgan fingerprint density at radius 3 is 1.24 bits per heavy atom. The second-order valence-electron chi connectivity index (χ2n) is 17.4. The molecule has 3 fully saturated rings. The van der Waals surface area contributed by atoms with Crippen molar-refractivity contribution in [2.45, 2.75) is 143 Å². The van der Waals surface area contributed by atoms with Gasteiger partial charge in [0.25, 0.3) is 0 Å². The van der Waals surface area contributed by atoms with Crippen molar-refractivity contribution in [1.82, 2.24) is 19.9 Å². The lowest BCUT2D eigenvalue weighted by molar-refractivity contribution is -0.0534. The highest BCUT2D eigenvalue weighted by molar-refractivity contribution is 7.92. The van der Waals surface area contributed by atoms with E-state index in [0.717, 1.165) is 66.5 Å². The molecule has 0 aromatic carbocycles. The molecule has 1 saturated carbocycles. The minimum absolute atomic E-state index is 0.377. The number of aromatic nitrogens is 4. The van der Waals surface area contributed by atoms with Gasteiger partial charge in [0.05, 0.1) is 37.1 Å². The van der Waals surface area contributed by atoms with Crippen LogP contribution in [0.25, 0.3) is 0 Å². The van der Waals surface area contributed by atoms with E-state index in [0.29, 0.717) is 41.0 Å². The maximum absolute atomic E-state index is 12.3. The molecular formula is C42H79FN4O3S. The zero-order valence-electron chi connectivity index (χ0n) is 35.8. The first kappa shape index (κ1) is 51.1. The van der Waals surface area contributed by atoms with E-state index in [9.17, 15) is 12.8 Å². The summed E-state index contributed by atoms with van der Waals surface area (Å²) in [5.41, 5.74) is 1.12. The molecule has 2 aromatic rings. The second-order valence-corrected chi connectivity index (χ2v) is 19.5. The minimum atomic E-state index is -2.58. The van der Waals surface area contributed by atoms with Crippen molar-refractivity contribution >= 4 is 9.84 Å². The lowest BCUT2D eigenvalue weighted by atomic mass is 9.95. The summed E-state index contributed by atoms with van der Waals surface area (Å²) in [4.78, 5) is 16.0. The zero-order valence-corrected chi connectivity index (χ0v) is 36.6. The lowest BCUT2D eigenvalue weighted by Gasteiger charge is -2.29. The van der Waals surface area contributed by atoms with Crippen LogP contribution in [0.15, 0.2) is 24.8 Å². The predicted molar refractivity (Wildman–Crippen MR) is 216 cm³/mol. The summed E-state index contributed by atoms with van der Waals surface area (Å²) in [7, 11) is -2.58. The van der Waals surface area contributed by atoms with E-state index in [-0.39, 0.29) is 5.82 Å². The van der Waals surface area contributed by atoms with Gasteiger partial charge in [0, 0.05) is 30.7 Å². The fraction of sp³-hybridized carbons (Fsp3) is 0.810. The van der Waals surface area contributed by atoms with Crippen LogP contribution in [-0.2, 0) is 21.0 Å². The van der Waals surface area contributed by atoms with Gasteiger partial charge in [0.2, 0.25) is 0 Å². The number of ether oxygens (including phenoxy) is 1. The lowest BCUT2D eigenvalue weighted by Crippen LogP contribution is -2.39. The molecule has 0 unspecified atom stereocenters. The molecule has 2 aliphatic heterocycles. The number of nitrogens with zero attached hydrogens (tertiary/aromatic N) is 4. The minimum Gasteiger partial charge on any atom is -0.381 e. The van der Waals surface area contributed by atoms with Gasteiger partial charge in [0.1, 0.15) is 11.6 Å². The summed E-state index contributed by atoms with van der Waals surface area (Å²) in [6.45, 7) is 38.5. The van der Waals surface area contributed by atoms with Crippen molar-refractivity contribution in [3.05, 3.63) is 47.8 Å². The number of rotatable bonds is 6. The summed E-state index contributed by atoms with van der Waals surface area (Å²) in [5, 5.41) is 0. The van der Waals surface area contributed by atoms with Crippen LogP contribution in [0.4, 0.5) is 4.39 Å². The molecule has 4 heterocycles. The van der Waals surface area contributed by atoms with Crippen LogP contribution in [-0.4, -0.2) is 53.1 Å². The van der Waals surface area contributed by atoms with E-state index in [1.807, 2.05) is 19.3 Å². The third-order valence-corrected chi connectivity index (χ3v) is 9.50. The summed E-state index contributed by atoms with van der Waals surface area (Å²) in [6.07, 6.45) is 9.90. The maximum Gasteiger partial charge on any atom is 0.159 e. The summed E-state index contributed by atoms with van der Waals surface area (Å²) in [6, 6.07) is 0. The second kappa shape index (κ2) is 27.6. The van der Waals surface area contributed by atoms with E-state index < -0.39 is 9.84 Å². The van der Waals surface area contributed by atoms with Crippen molar-refractivity contribution in [2.75, 3.05) is 24.7 Å². The Balaban J connectivity index is 0. The molecule has 5 rings (SSSR count). The molecule has 0 bridgehead atoms. The van der Waals surface area contributed by atoms with E-state index in [1.165, 1.54) is 25.2 Å². The fourth-order valence-corrected chi connectivity index (χ4v) is 5.88. The van der Waals surface area contributed by atoms with Crippen molar-refractivity contribution in [3.8, 4) is 0 Å². The zero-order chi connectivity index (χ0) is 39.9. The normalized spacial score (nSPS) is 16.1. The number of hydrogen-bond donors (Lipinski definition) is 0. The molecule has 2 saturated heterocycles. The van der Waals surface area contributed by atoms with Crippen molar-refractivity contribution in [1.29, 1.82) is 0 Å². The van der Waals surface area contributed by atoms with Crippen LogP contribution in [0.5, 0.6) is 0 Å². The molecule has 0 radical (unpaired) electrons. The molecule has 0 atom stereocenters. The highest BCUT2D eigenvalue weighted by Crippen LogP contribution is 2.35. The molecule has 51 heavy (non-hydrogen) atoms. The van der Waals surface area contributed by atoms with Gasteiger partial charge in [0.15, 0.2) is 15.7 Å². The quantitative estimate of drug-likeness (QED) is 0.291. The molecule has 298 valence electrons. The standard InChI is InChI=1S/C8H11FN2.C8H12N2.C6H12O2S.C6H12O.C6H12.2C4H10/c1-6(2)3-8-10-4-7(9)5-11-8;1-6(2)8-9-4-7(3)5-10-8;1-5(2)6-3-9(7,8)4-6;1-5(2)6-3-7-4-6;1-5(2)6-3-4-6;2*1-4(2)3/h4-6H,3H2,1-2H3;4-6H,1-3H3;5-6H,3-4H2,1-2H3;5-6H,3-4H2,1-2H3;5-6H,3-4H2,1-2H3;2*4H,1-3H3. The number of halogens is 1. The topological polar surface area (TPSA) is 94.9 Å². The van der Waals surface area contributed by atoms with Gasteiger partial charge in [-0.15, -0.1) is 0 Å². The van der Waals surface area contributed by atoms with Crippen molar-refractivity contribution in [2.24, 2.45) is 53.3 Å². The fourth-order valence-electron chi connectivity index (χ4n) is 3.90. The third-order valence-electron chi connectivity index (χ3n) is 7.63. The number of aryl methyl sites for hydroxylation is 1. The Kier molecular flexibility index (Phi) is 27.6. The molecule has 2 aromatic heterocycles. The van der Waals surface area contributed by atoms with Crippen molar-refractivity contribution < 1.29 is 17.5 Å². The van der Waals surface area contributed by atoms with Gasteiger partial charge in [-0.1, -0.05) is 111 Å². The average molecular weight is 739 g/mol. The van der Waals surface area contributed by atoms with Crippen LogP contribution < -0.4 is 0 Å². The Bertz CT molecular complexity index is 1180. The van der Waals surface area contributed by atoms with Gasteiger partial charge < -0.3 is 4.74 Å². The number of hydrogen-bond acceptors (Lipinski definition) is 7. The van der Waals surface area contributed by atoms with E-state index in [2.05, 4.69) is 131 Å². The first-order valence-electron chi connectivity index (χ1n) is 19.5. The third kappa shape index (κ3) is 31.3. The van der Waals surface area contributed by atoms with Gasteiger partial charge >= 0.3 is 0 Å². The summed E-state index contributed by atoms with van der Waals surface area (Å²) in [5.74, 6) is 9.44.